The lowest BCUT2D eigenvalue weighted by atomic mass is 10.2. The second-order valence-corrected chi connectivity index (χ2v) is 3.15. The summed E-state index contributed by atoms with van der Waals surface area (Å²) in [6.07, 6.45) is 1.37. The number of ether oxygens (including phenoxy) is 1. The monoisotopic (exact) mass is 232 g/mol. The number of hydrogen-bond donors (Lipinski definition) is 1. The predicted octanol–water partition coefficient (Wildman–Crippen LogP) is 0.0710. The minimum absolute atomic E-state index is 0.0212. The van der Waals surface area contributed by atoms with Crippen LogP contribution in [0.5, 0.6) is 0 Å². The number of fused-ring (bicyclic) bond motifs is 1. The number of esters is 1. The zero-order chi connectivity index (χ0) is 12.4. The molecule has 0 saturated carbocycles. The molecule has 7 heteroatoms. The van der Waals surface area contributed by atoms with Crippen molar-refractivity contribution in [3.05, 3.63) is 33.9 Å². The van der Waals surface area contributed by atoms with Gasteiger partial charge in [0.05, 0.1) is 6.61 Å². The Hall–Kier alpha value is -2.62. The SMILES string of the molecule is CCOC(=O)c1c(C#N)nn2ccc(=O)[nH]c12. The van der Waals surface area contributed by atoms with E-state index < -0.39 is 5.97 Å². The molecular weight excluding hydrogens is 224 g/mol. The quantitative estimate of drug-likeness (QED) is 0.738. The molecule has 1 N–H and O–H groups in total. The van der Waals surface area contributed by atoms with Gasteiger partial charge in [-0.05, 0) is 6.92 Å². The van der Waals surface area contributed by atoms with Gasteiger partial charge in [-0.2, -0.15) is 10.4 Å². The van der Waals surface area contributed by atoms with Crippen molar-refractivity contribution in [2.45, 2.75) is 6.92 Å². The highest BCUT2D eigenvalue weighted by molar-refractivity contribution is 5.98. The van der Waals surface area contributed by atoms with E-state index in [2.05, 4.69) is 10.1 Å². The van der Waals surface area contributed by atoms with Gasteiger partial charge in [0.15, 0.2) is 11.3 Å². The van der Waals surface area contributed by atoms with Gasteiger partial charge in [0.25, 0.3) is 5.56 Å². The van der Waals surface area contributed by atoms with Gasteiger partial charge in [-0.15, -0.1) is 0 Å². The fourth-order valence-corrected chi connectivity index (χ4v) is 1.43. The van der Waals surface area contributed by atoms with E-state index in [-0.39, 0.29) is 29.1 Å². The number of aromatic nitrogens is 3. The lowest BCUT2D eigenvalue weighted by Gasteiger charge is -1.99. The van der Waals surface area contributed by atoms with Crippen molar-refractivity contribution in [3.8, 4) is 6.07 Å². The number of nitrogens with zero attached hydrogens (tertiary/aromatic N) is 3. The summed E-state index contributed by atoms with van der Waals surface area (Å²) in [6, 6.07) is 3.04. The smallest absolute Gasteiger partial charge is 0.344 e. The van der Waals surface area contributed by atoms with Crippen LogP contribution in [0, 0.1) is 11.3 Å². The highest BCUT2D eigenvalue weighted by atomic mass is 16.5. The van der Waals surface area contributed by atoms with E-state index >= 15 is 0 Å². The minimum atomic E-state index is -0.680. The summed E-state index contributed by atoms with van der Waals surface area (Å²) >= 11 is 0. The Kier molecular flexibility index (Phi) is 2.62. The molecule has 0 amide bonds. The van der Waals surface area contributed by atoms with E-state index in [0.29, 0.717) is 0 Å². The van der Waals surface area contributed by atoms with E-state index in [9.17, 15) is 9.59 Å². The number of H-pyrrole nitrogens is 1. The average Bonchev–Trinajstić information content (AvgIpc) is 2.66. The van der Waals surface area contributed by atoms with Crippen LogP contribution in [0.25, 0.3) is 5.65 Å². The first kappa shape index (κ1) is 10.9. The van der Waals surface area contributed by atoms with Gasteiger partial charge in [-0.25, -0.2) is 9.31 Å². The molecule has 0 spiro atoms. The second kappa shape index (κ2) is 4.09. The largest absolute Gasteiger partial charge is 0.462 e. The number of nitriles is 1. The van der Waals surface area contributed by atoms with E-state index in [0.717, 1.165) is 0 Å². The number of rotatable bonds is 2. The molecule has 0 unspecified atom stereocenters. The van der Waals surface area contributed by atoms with Crippen LogP contribution in [-0.4, -0.2) is 27.2 Å². The maximum atomic E-state index is 11.7. The van der Waals surface area contributed by atoms with Crippen molar-refractivity contribution < 1.29 is 9.53 Å². The molecule has 0 radical (unpaired) electrons. The van der Waals surface area contributed by atoms with Crippen LogP contribution in [0.2, 0.25) is 0 Å². The molecule has 0 aliphatic rings. The van der Waals surface area contributed by atoms with Crippen molar-refractivity contribution in [2.24, 2.45) is 0 Å². The first-order chi connectivity index (χ1) is 8.17. The fraction of sp³-hybridized carbons (Fsp3) is 0.200. The first-order valence-electron chi connectivity index (χ1n) is 4.86. The molecule has 2 rings (SSSR count). The van der Waals surface area contributed by atoms with Gasteiger partial charge in [-0.3, -0.25) is 4.79 Å². The Morgan fingerprint density at radius 2 is 2.47 bits per heavy atom. The van der Waals surface area contributed by atoms with Crippen molar-refractivity contribution in [1.29, 1.82) is 5.26 Å². The van der Waals surface area contributed by atoms with Crippen LogP contribution >= 0.6 is 0 Å². The number of aromatic amines is 1. The molecule has 0 atom stereocenters. The lowest BCUT2D eigenvalue weighted by Crippen LogP contribution is -2.10. The van der Waals surface area contributed by atoms with E-state index in [1.54, 1.807) is 13.0 Å². The van der Waals surface area contributed by atoms with Crippen molar-refractivity contribution in [1.82, 2.24) is 14.6 Å². The topological polar surface area (TPSA) is 100 Å². The molecule has 17 heavy (non-hydrogen) atoms. The molecule has 86 valence electrons. The molecule has 2 aromatic heterocycles. The van der Waals surface area contributed by atoms with Crippen LogP contribution in [0.15, 0.2) is 17.1 Å². The summed E-state index contributed by atoms with van der Waals surface area (Å²) in [6.45, 7) is 1.83. The Balaban J connectivity index is 2.74. The fourth-order valence-electron chi connectivity index (χ4n) is 1.43. The van der Waals surface area contributed by atoms with Gasteiger partial charge in [0, 0.05) is 12.3 Å². The summed E-state index contributed by atoms with van der Waals surface area (Å²) in [5.41, 5.74) is -0.322. The third-order valence-electron chi connectivity index (χ3n) is 2.10. The molecule has 0 aliphatic heterocycles. The number of carbonyl (C=O) groups is 1. The number of nitrogens with one attached hydrogen (secondary N) is 1. The summed E-state index contributed by atoms with van der Waals surface area (Å²) in [5.74, 6) is -0.680. The van der Waals surface area contributed by atoms with Gasteiger partial charge in [-0.1, -0.05) is 0 Å². The Bertz CT molecular complexity index is 677. The molecule has 2 aromatic rings. The van der Waals surface area contributed by atoms with E-state index in [1.807, 2.05) is 0 Å². The van der Waals surface area contributed by atoms with Crippen LogP contribution in [0.4, 0.5) is 0 Å². The molecule has 7 nitrogen and oxygen atoms in total. The standard InChI is InChI=1S/C10H8N4O3/c1-2-17-10(16)8-6(5-11)13-14-4-3-7(15)12-9(8)14/h3-4H,2H2,1H3,(H,12,15). The zero-order valence-electron chi connectivity index (χ0n) is 8.93. The van der Waals surface area contributed by atoms with E-state index in [1.165, 1.54) is 16.8 Å². The first-order valence-corrected chi connectivity index (χ1v) is 4.86. The Labute approximate surface area is 95.2 Å². The third kappa shape index (κ3) is 1.76. The van der Waals surface area contributed by atoms with E-state index in [4.69, 9.17) is 10.00 Å². The highest BCUT2D eigenvalue weighted by Crippen LogP contribution is 2.13. The molecule has 0 bridgehead atoms. The normalized spacial score (nSPS) is 10.1. The predicted molar refractivity (Wildman–Crippen MR) is 56.5 cm³/mol. The third-order valence-corrected chi connectivity index (χ3v) is 2.10. The summed E-state index contributed by atoms with van der Waals surface area (Å²) in [5, 5.41) is 12.7. The van der Waals surface area contributed by atoms with Crippen molar-refractivity contribution in [2.75, 3.05) is 6.61 Å². The average molecular weight is 232 g/mol. The molecule has 0 fully saturated rings. The van der Waals surface area contributed by atoms with Crippen LogP contribution < -0.4 is 5.56 Å². The van der Waals surface area contributed by atoms with Crippen molar-refractivity contribution >= 4 is 11.6 Å². The highest BCUT2D eigenvalue weighted by Gasteiger charge is 2.21. The maximum Gasteiger partial charge on any atom is 0.344 e. The summed E-state index contributed by atoms with van der Waals surface area (Å²) < 4.78 is 6.07. The maximum absolute atomic E-state index is 11.7. The van der Waals surface area contributed by atoms with Crippen molar-refractivity contribution in [3.63, 3.8) is 0 Å². The van der Waals surface area contributed by atoms with Crippen LogP contribution in [0.1, 0.15) is 23.0 Å². The second-order valence-electron chi connectivity index (χ2n) is 3.15. The lowest BCUT2D eigenvalue weighted by molar-refractivity contribution is 0.0528. The minimum Gasteiger partial charge on any atom is -0.462 e. The molecule has 0 saturated heterocycles. The molecule has 2 heterocycles. The summed E-state index contributed by atoms with van der Waals surface area (Å²) in [4.78, 5) is 25.3. The molecule has 0 aromatic carbocycles. The van der Waals surface area contributed by atoms with Crippen LogP contribution in [0.3, 0.4) is 0 Å². The van der Waals surface area contributed by atoms with Gasteiger partial charge in [0.2, 0.25) is 0 Å². The van der Waals surface area contributed by atoms with Gasteiger partial charge >= 0.3 is 5.97 Å². The summed E-state index contributed by atoms with van der Waals surface area (Å²) in [7, 11) is 0. The Morgan fingerprint density at radius 3 is 3.12 bits per heavy atom. The number of carbonyl (C=O) groups excluding carboxylic acids is 1. The molecule has 0 aliphatic carbocycles. The molecular formula is C10H8N4O3. The van der Waals surface area contributed by atoms with Crippen LogP contribution in [-0.2, 0) is 4.74 Å². The van der Waals surface area contributed by atoms with Gasteiger partial charge in [0.1, 0.15) is 11.6 Å². The Morgan fingerprint density at radius 1 is 1.71 bits per heavy atom. The number of hydrogen-bond acceptors (Lipinski definition) is 5. The van der Waals surface area contributed by atoms with Gasteiger partial charge < -0.3 is 9.72 Å². The zero-order valence-corrected chi connectivity index (χ0v) is 8.93.